The number of hydrogen-bond donors (Lipinski definition) is 1. The molecule has 1 amide bonds. The Balaban J connectivity index is 1.85. The van der Waals surface area contributed by atoms with E-state index in [1.165, 1.54) is 10.4 Å². The summed E-state index contributed by atoms with van der Waals surface area (Å²) in [5, 5.41) is 5.46. The molecule has 0 bridgehead atoms. The van der Waals surface area contributed by atoms with Crippen LogP contribution in [0.15, 0.2) is 23.6 Å². The summed E-state index contributed by atoms with van der Waals surface area (Å²) in [4.78, 5) is 14.0. The van der Waals surface area contributed by atoms with Gasteiger partial charge in [-0.2, -0.15) is 0 Å². The highest BCUT2D eigenvalue weighted by Crippen LogP contribution is 2.34. The standard InChI is InChI=1S/C17H18ClNO2S/c1-10-3-5-12-13(9-22-16(12)7-10)17(20)19-14-8-11(18)4-6-15(14)21-2/h4,6,8-10H,3,5,7H2,1-2H3,(H,19,20). The Morgan fingerprint density at radius 3 is 3.05 bits per heavy atom. The Morgan fingerprint density at radius 2 is 2.27 bits per heavy atom. The van der Waals surface area contributed by atoms with Crippen LogP contribution in [-0.4, -0.2) is 13.0 Å². The van der Waals surface area contributed by atoms with Gasteiger partial charge in [0.1, 0.15) is 5.75 Å². The van der Waals surface area contributed by atoms with Gasteiger partial charge in [-0.25, -0.2) is 0 Å². The summed E-state index contributed by atoms with van der Waals surface area (Å²) in [5.41, 5.74) is 2.60. The SMILES string of the molecule is COc1ccc(Cl)cc1NC(=O)c1csc2c1CCC(C)C2. The Kier molecular flexibility index (Phi) is 4.41. The van der Waals surface area contributed by atoms with Crippen molar-refractivity contribution in [2.24, 2.45) is 5.92 Å². The molecule has 1 aromatic heterocycles. The molecular weight excluding hydrogens is 318 g/mol. The summed E-state index contributed by atoms with van der Waals surface area (Å²) in [6, 6.07) is 5.20. The molecule has 3 rings (SSSR count). The van der Waals surface area contributed by atoms with Gasteiger partial charge in [0.2, 0.25) is 0 Å². The molecule has 0 spiro atoms. The largest absolute Gasteiger partial charge is 0.495 e. The van der Waals surface area contributed by atoms with Crippen molar-refractivity contribution in [2.75, 3.05) is 12.4 Å². The highest BCUT2D eigenvalue weighted by molar-refractivity contribution is 7.10. The van der Waals surface area contributed by atoms with Crippen LogP contribution in [0.4, 0.5) is 5.69 Å². The normalized spacial score (nSPS) is 17.0. The van der Waals surface area contributed by atoms with Gasteiger partial charge in [-0.05, 0) is 48.9 Å². The fourth-order valence-corrected chi connectivity index (χ4v) is 4.25. The maximum atomic E-state index is 12.6. The minimum absolute atomic E-state index is 0.0902. The number of ether oxygens (including phenoxy) is 1. The zero-order valence-electron chi connectivity index (χ0n) is 12.6. The molecule has 1 heterocycles. The number of amides is 1. The molecule has 1 aliphatic rings. The topological polar surface area (TPSA) is 38.3 Å². The molecule has 116 valence electrons. The number of methoxy groups -OCH3 is 1. The van der Waals surface area contributed by atoms with Crippen molar-refractivity contribution in [3.05, 3.63) is 44.6 Å². The van der Waals surface area contributed by atoms with Crippen LogP contribution < -0.4 is 10.1 Å². The fourth-order valence-electron chi connectivity index (χ4n) is 2.84. The average molecular weight is 336 g/mol. The number of carbonyl (C=O) groups excluding carboxylic acids is 1. The number of halogens is 1. The molecule has 0 saturated heterocycles. The molecule has 1 N–H and O–H groups in total. The second-order valence-electron chi connectivity index (χ2n) is 5.70. The molecule has 0 saturated carbocycles. The summed E-state index contributed by atoms with van der Waals surface area (Å²) in [6.07, 6.45) is 3.20. The minimum Gasteiger partial charge on any atom is -0.495 e. The van der Waals surface area contributed by atoms with E-state index >= 15 is 0 Å². The first-order valence-electron chi connectivity index (χ1n) is 7.32. The highest BCUT2D eigenvalue weighted by atomic mass is 35.5. The van der Waals surface area contributed by atoms with Crippen molar-refractivity contribution in [2.45, 2.75) is 26.2 Å². The average Bonchev–Trinajstić information content (AvgIpc) is 2.90. The number of nitrogens with one attached hydrogen (secondary N) is 1. The first-order valence-corrected chi connectivity index (χ1v) is 8.58. The lowest BCUT2D eigenvalue weighted by Gasteiger charge is -2.19. The quantitative estimate of drug-likeness (QED) is 0.876. The number of anilines is 1. The monoisotopic (exact) mass is 335 g/mol. The predicted molar refractivity (Wildman–Crippen MR) is 91.5 cm³/mol. The number of hydrogen-bond acceptors (Lipinski definition) is 3. The van der Waals surface area contributed by atoms with E-state index in [1.807, 2.05) is 5.38 Å². The van der Waals surface area contributed by atoms with E-state index in [1.54, 1.807) is 36.6 Å². The van der Waals surface area contributed by atoms with E-state index in [2.05, 4.69) is 12.2 Å². The van der Waals surface area contributed by atoms with E-state index < -0.39 is 0 Å². The van der Waals surface area contributed by atoms with E-state index in [9.17, 15) is 4.79 Å². The van der Waals surface area contributed by atoms with Crippen LogP contribution in [0.5, 0.6) is 5.75 Å². The second-order valence-corrected chi connectivity index (χ2v) is 7.10. The van der Waals surface area contributed by atoms with Crippen molar-refractivity contribution < 1.29 is 9.53 Å². The first kappa shape index (κ1) is 15.4. The minimum atomic E-state index is -0.0902. The van der Waals surface area contributed by atoms with Gasteiger partial charge in [-0.15, -0.1) is 11.3 Å². The lowest BCUT2D eigenvalue weighted by atomic mass is 9.88. The Labute approximate surface area is 139 Å². The molecule has 3 nitrogen and oxygen atoms in total. The van der Waals surface area contributed by atoms with Crippen LogP contribution in [0.3, 0.4) is 0 Å². The summed E-state index contributed by atoms with van der Waals surface area (Å²) in [5.74, 6) is 1.22. The van der Waals surface area contributed by atoms with Crippen LogP contribution >= 0.6 is 22.9 Å². The zero-order valence-corrected chi connectivity index (χ0v) is 14.2. The lowest BCUT2D eigenvalue weighted by molar-refractivity contribution is 0.102. The fraction of sp³-hybridized carbons (Fsp3) is 0.353. The predicted octanol–water partition coefficient (Wildman–Crippen LogP) is 4.79. The lowest BCUT2D eigenvalue weighted by Crippen LogP contribution is -2.16. The van der Waals surface area contributed by atoms with Crippen molar-refractivity contribution in [3.63, 3.8) is 0 Å². The molecule has 1 aromatic carbocycles. The van der Waals surface area contributed by atoms with Crippen LogP contribution in [0.1, 0.15) is 34.1 Å². The first-order chi connectivity index (χ1) is 10.6. The van der Waals surface area contributed by atoms with Gasteiger partial charge in [-0.3, -0.25) is 4.79 Å². The van der Waals surface area contributed by atoms with Crippen molar-refractivity contribution in [1.29, 1.82) is 0 Å². The van der Waals surface area contributed by atoms with Gasteiger partial charge < -0.3 is 10.1 Å². The summed E-state index contributed by atoms with van der Waals surface area (Å²) in [6.45, 7) is 2.26. The third kappa shape index (κ3) is 2.99. The van der Waals surface area contributed by atoms with E-state index in [-0.39, 0.29) is 5.91 Å². The van der Waals surface area contributed by atoms with Gasteiger partial charge in [0.05, 0.1) is 18.4 Å². The number of thiophene rings is 1. The molecule has 2 aromatic rings. The van der Waals surface area contributed by atoms with Crippen LogP contribution in [0, 0.1) is 5.92 Å². The molecule has 0 fully saturated rings. The van der Waals surface area contributed by atoms with Crippen molar-refractivity contribution in [3.8, 4) is 5.75 Å². The Hall–Kier alpha value is -1.52. The molecule has 5 heteroatoms. The van der Waals surface area contributed by atoms with Gasteiger partial charge in [-0.1, -0.05) is 18.5 Å². The van der Waals surface area contributed by atoms with Crippen molar-refractivity contribution >= 4 is 34.5 Å². The van der Waals surface area contributed by atoms with Gasteiger partial charge in [0.25, 0.3) is 5.91 Å². The van der Waals surface area contributed by atoms with Gasteiger partial charge >= 0.3 is 0 Å². The molecule has 1 atom stereocenters. The van der Waals surface area contributed by atoms with Crippen LogP contribution in [0.2, 0.25) is 5.02 Å². The maximum Gasteiger partial charge on any atom is 0.256 e. The van der Waals surface area contributed by atoms with Gasteiger partial charge in [0.15, 0.2) is 0 Å². The second kappa shape index (κ2) is 6.31. The van der Waals surface area contributed by atoms with E-state index in [0.29, 0.717) is 22.4 Å². The summed E-state index contributed by atoms with van der Waals surface area (Å²) >= 11 is 7.70. The van der Waals surface area contributed by atoms with Crippen LogP contribution in [0.25, 0.3) is 0 Å². The summed E-state index contributed by atoms with van der Waals surface area (Å²) < 4.78 is 5.27. The third-order valence-electron chi connectivity index (χ3n) is 4.06. The van der Waals surface area contributed by atoms with E-state index in [0.717, 1.165) is 24.8 Å². The van der Waals surface area contributed by atoms with Gasteiger partial charge in [0, 0.05) is 15.3 Å². The van der Waals surface area contributed by atoms with Crippen LogP contribution in [-0.2, 0) is 12.8 Å². The number of carbonyl (C=O) groups is 1. The smallest absolute Gasteiger partial charge is 0.256 e. The molecule has 1 unspecified atom stereocenters. The Bertz CT molecular complexity index is 711. The van der Waals surface area contributed by atoms with Crippen molar-refractivity contribution in [1.82, 2.24) is 0 Å². The van der Waals surface area contributed by atoms with E-state index in [4.69, 9.17) is 16.3 Å². The molecule has 1 aliphatic carbocycles. The molecule has 0 aliphatic heterocycles. The molecule has 0 radical (unpaired) electrons. The zero-order chi connectivity index (χ0) is 15.7. The maximum absolute atomic E-state index is 12.6. The number of benzene rings is 1. The molecular formula is C17H18ClNO2S. The highest BCUT2D eigenvalue weighted by Gasteiger charge is 2.23. The molecule has 22 heavy (non-hydrogen) atoms. The number of fused-ring (bicyclic) bond motifs is 1. The third-order valence-corrected chi connectivity index (χ3v) is 5.34. The Morgan fingerprint density at radius 1 is 1.45 bits per heavy atom. The summed E-state index contributed by atoms with van der Waals surface area (Å²) in [7, 11) is 1.58. The number of rotatable bonds is 3.